The van der Waals surface area contributed by atoms with E-state index < -0.39 is 18.1 Å². The van der Waals surface area contributed by atoms with Gasteiger partial charge in [0.2, 0.25) is 0 Å². The summed E-state index contributed by atoms with van der Waals surface area (Å²) in [6, 6.07) is -0.616. The first kappa shape index (κ1) is 66.3. The van der Waals surface area contributed by atoms with Gasteiger partial charge in [-0.25, -0.2) is 4.79 Å². The molecule has 2 unspecified atom stereocenters. The normalized spacial score (nSPS) is 13.1. The number of allylic oxidation sites excluding steroid dienone is 8. The lowest BCUT2D eigenvalue weighted by molar-refractivity contribution is -0.887. The first-order chi connectivity index (χ1) is 33.6. The van der Waals surface area contributed by atoms with E-state index in [2.05, 4.69) is 62.5 Å². The third-order valence-corrected chi connectivity index (χ3v) is 13.2. The van der Waals surface area contributed by atoms with Crippen LogP contribution in [0.4, 0.5) is 0 Å². The number of aliphatic carboxylic acids is 1. The standard InChI is InChI=1S/C61H111NO7/c1-6-8-10-12-14-16-18-20-22-24-26-28-30-32-34-36-38-40-42-44-46-48-50-52-60(64)69-57(55-67-54-53-58(61(65)66)62(3,4)5)56-68-59(63)51-49-47-45-43-41-39-37-35-33-31-29-27-25-23-21-19-17-15-13-11-9-7-2/h9,11,15,17,21,23,27,29,57-58H,6-8,10,12-14,16,18-20,22,24-26,28,30-56H2,1-5H3/p+1/b11-9+,17-15+,23-21+,29-27+. The molecule has 0 amide bonds. The van der Waals surface area contributed by atoms with E-state index >= 15 is 0 Å². The average molecular weight is 972 g/mol. The largest absolute Gasteiger partial charge is 0.477 e. The van der Waals surface area contributed by atoms with Crippen LogP contribution in [0.5, 0.6) is 0 Å². The molecule has 0 rings (SSSR count). The molecule has 0 radical (unpaired) electrons. The Hall–Kier alpha value is -2.71. The molecule has 0 bridgehead atoms. The van der Waals surface area contributed by atoms with Gasteiger partial charge in [-0.1, -0.05) is 249 Å². The number of hydrogen-bond donors (Lipinski definition) is 1. The van der Waals surface area contributed by atoms with E-state index in [0.717, 1.165) is 70.6 Å². The van der Waals surface area contributed by atoms with Crippen molar-refractivity contribution in [1.29, 1.82) is 0 Å². The minimum atomic E-state index is -0.873. The van der Waals surface area contributed by atoms with Crippen molar-refractivity contribution in [1.82, 2.24) is 0 Å². The van der Waals surface area contributed by atoms with Crippen molar-refractivity contribution < 1.29 is 38.2 Å². The molecular weight excluding hydrogens is 859 g/mol. The van der Waals surface area contributed by atoms with Crippen LogP contribution in [0, 0.1) is 0 Å². The Morgan fingerprint density at radius 2 is 0.812 bits per heavy atom. The molecule has 2 atom stereocenters. The molecule has 0 saturated heterocycles. The van der Waals surface area contributed by atoms with E-state index in [1.165, 1.54) is 167 Å². The maximum absolute atomic E-state index is 12.8. The number of quaternary nitrogens is 1. The van der Waals surface area contributed by atoms with Crippen LogP contribution in [-0.4, -0.2) is 80.6 Å². The quantitative estimate of drug-likeness (QED) is 0.0280. The molecule has 0 heterocycles. The number of carboxylic acid groups (broad SMARTS) is 1. The minimum absolute atomic E-state index is 0.0516. The summed E-state index contributed by atoms with van der Waals surface area (Å²) < 4.78 is 17.4. The molecule has 0 aromatic heterocycles. The zero-order valence-electron chi connectivity index (χ0n) is 46.0. The summed E-state index contributed by atoms with van der Waals surface area (Å²) in [5, 5.41) is 9.68. The second-order valence-electron chi connectivity index (χ2n) is 20.9. The van der Waals surface area contributed by atoms with E-state index in [-0.39, 0.29) is 36.2 Å². The lowest BCUT2D eigenvalue weighted by atomic mass is 10.0. The van der Waals surface area contributed by atoms with Crippen molar-refractivity contribution in [2.45, 2.75) is 283 Å². The average Bonchev–Trinajstić information content (AvgIpc) is 3.31. The molecule has 8 heteroatoms. The summed E-state index contributed by atoms with van der Waals surface area (Å²) in [6.07, 6.45) is 64.6. The zero-order chi connectivity index (χ0) is 50.6. The summed E-state index contributed by atoms with van der Waals surface area (Å²) in [4.78, 5) is 37.3. The predicted molar refractivity (Wildman–Crippen MR) is 294 cm³/mol. The van der Waals surface area contributed by atoms with Gasteiger partial charge < -0.3 is 23.8 Å². The molecule has 8 nitrogen and oxygen atoms in total. The second kappa shape index (κ2) is 51.6. The van der Waals surface area contributed by atoms with Gasteiger partial charge in [-0.15, -0.1) is 0 Å². The molecule has 0 aromatic rings. The maximum atomic E-state index is 12.8. The third kappa shape index (κ3) is 50.0. The highest BCUT2D eigenvalue weighted by molar-refractivity contribution is 5.72. The summed E-state index contributed by atoms with van der Waals surface area (Å²) in [6.45, 7) is 4.67. The van der Waals surface area contributed by atoms with Gasteiger partial charge in [0.1, 0.15) is 6.61 Å². The number of unbranched alkanes of at least 4 members (excludes halogenated alkanes) is 31. The number of nitrogens with zero attached hydrogens (tertiary/aromatic N) is 1. The van der Waals surface area contributed by atoms with Crippen molar-refractivity contribution in [2.75, 3.05) is 41.0 Å². The Morgan fingerprint density at radius 3 is 1.20 bits per heavy atom. The fourth-order valence-corrected chi connectivity index (χ4v) is 8.79. The highest BCUT2D eigenvalue weighted by atomic mass is 16.6. The predicted octanol–water partition coefficient (Wildman–Crippen LogP) is 17.5. The molecule has 0 fully saturated rings. The topological polar surface area (TPSA) is 99.1 Å². The fourth-order valence-electron chi connectivity index (χ4n) is 8.79. The number of rotatable bonds is 53. The summed E-state index contributed by atoms with van der Waals surface area (Å²) in [5.74, 6) is -1.46. The third-order valence-electron chi connectivity index (χ3n) is 13.2. The molecule has 0 aliphatic rings. The molecule has 0 spiro atoms. The van der Waals surface area contributed by atoms with Gasteiger partial charge in [0, 0.05) is 19.3 Å². The van der Waals surface area contributed by atoms with Gasteiger partial charge in [-0.2, -0.15) is 0 Å². The van der Waals surface area contributed by atoms with E-state index in [1.54, 1.807) is 0 Å². The second-order valence-corrected chi connectivity index (χ2v) is 20.9. The summed E-state index contributed by atoms with van der Waals surface area (Å²) in [5.41, 5.74) is 0. The van der Waals surface area contributed by atoms with Gasteiger partial charge in [-0.05, 0) is 51.4 Å². The Balaban J connectivity index is 4.14. The first-order valence-corrected chi connectivity index (χ1v) is 29.2. The molecule has 0 saturated carbocycles. The smallest absolute Gasteiger partial charge is 0.362 e. The molecule has 402 valence electrons. The number of carboxylic acids is 1. The zero-order valence-corrected chi connectivity index (χ0v) is 46.0. The van der Waals surface area contributed by atoms with E-state index in [1.807, 2.05) is 21.1 Å². The fraction of sp³-hybridized carbons (Fsp3) is 0.820. The van der Waals surface area contributed by atoms with Gasteiger partial charge in [0.05, 0.1) is 34.4 Å². The first-order valence-electron chi connectivity index (χ1n) is 29.2. The van der Waals surface area contributed by atoms with Crippen molar-refractivity contribution in [3.63, 3.8) is 0 Å². The number of likely N-dealkylation sites (N-methyl/N-ethyl adjacent to an activating group) is 1. The summed E-state index contributed by atoms with van der Waals surface area (Å²) in [7, 11) is 5.55. The molecular formula is C61H112NO7+. The molecule has 0 aliphatic carbocycles. The van der Waals surface area contributed by atoms with Gasteiger partial charge >= 0.3 is 17.9 Å². The van der Waals surface area contributed by atoms with E-state index in [4.69, 9.17) is 14.2 Å². The van der Waals surface area contributed by atoms with Crippen LogP contribution in [0.1, 0.15) is 271 Å². The maximum Gasteiger partial charge on any atom is 0.362 e. The number of carbonyl (C=O) groups excluding carboxylic acids is 2. The lowest BCUT2D eigenvalue weighted by Crippen LogP contribution is -2.50. The minimum Gasteiger partial charge on any atom is -0.477 e. The van der Waals surface area contributed by atoms with Crippen molar-refractivity contribution >= 4 is 17.9 Å². The van der Waals surface area contributed by atoms with Crippen LogP contribution in [0.3, 0.4) is 0 Å². The van der Waals surface area contributed by atoms with Crippen molar-refractivity contribution in [2.24, 2.45) is 0 Å². The van der Waals surface area contributed by atoms with Gasteiger partial charge in [-0.3, -0.25) is 9.59 Å². The Morgan fingerprint density at radius 1 is 0.449 bits per heavy atom. The van der Waals surface area contributed by atoms with Gasteiger partial charge in [0.25, 0.3) is 0 Å². The number of esters is 2. The SMILES string of the molecule is CC/C=C/C/C=C/C/C=C/C/C=C/CCCCCCCCCCCC(=O)OCC(COCCC(C(=O)O)[N+](C)(C)C)OC(=O)CCCCCCCCCCCCCCCCCCCCCCCCC. The monoisotopic (exact) mass is 971 g/mol. The van der Waals surface area contributed by atoms with Gasteiger partial charge in [0.15, 0.2) is 12.1 Å². The van der Waals surface area contributed by atoms with Crippen LogP contribution in [0.15, 0.2) is 48.6 Å². The van der Waals surface area contributed by atoms with E-state index in [0.29, 0.717) is 19.3 Å². The Bertz CT molecular complexity index is 1270. The van der Waals surface area contributed by atoms with Crippen LogP contribution >= 0.6 is 0 Å². The molecule has 69 heavy (non-hydrogen) atoms. The van der Waals surface area contributed by atoms with E-state index in [9.17, 15) is 19.5 Å². The highest BCUT2D eigenvalue weighted by Crippen LogP contribution is 2.17. The Labute approximate surface area is 426 Å². The van der Waals surface area contributed by atoms with Crippen molar-refractivity contribution in [3.8, 4) is 0 Å². The highest BCUT2D eigenvalue weighted by Gasteiger charge is 2.31. The number of carbonyl (C=O) groups is 3. The number of hydrogen-bond acceptors (Lipinski definition) is 6. The Kier molecular flexibility index (Phi) is 49.6. The molecule has 0 aromatic carbocycles. The summed E-state index contributed by atoms with van der Waals surface area (Å²) >= 11 is 0. The number of ether oxygens (including phenoxy) is 3. The lowest BCUT2D eigenvalue weighted by Gasteiger charge is -2.31. The molecule has 1 N–H and O–H groups in total. The van der Waals surface area contributed by atoms with Crippen LogP contribution in [0.25, 0.3) is 0 Å². The van der Waals surface area contributed by atoms with Crippen molar-refractivity contribution in [3.05, 3.63) is 48.6 Å². The molecule has 0 aliphatic heterocycles. The van der Waals surface area contributed by atoms with Crippen LogP contribution in [-0.2, 0) is 28.6 Å². The van der Waals surface area contributed by atoms with Crippen LogP contribution < -0.4 is 0 Å². The van der Waals surface area contributed by atoms with Crippen LogP contribution in [0.2, 0.25) is 0 Å².